The highest BCUT2D eigenvalue weighted by molar-refractivity contribution is 6.30. The van der Waals surface area contributed by atoms with E-state index in [1.54, 1.807) is 12.2 Å². The molecule has 0 fully saturated rings. The molecule has 1 aromatic rings. The zero-order valence-electron chi connectivity index (χ0n) is 10.2. The maximum Gasteiger partial charge on any atom is 0.244 e. The Bertz CT molecular complexity index is 397. The van der Waals surface area contributed by atoms with Crippen molar-refractivity contribution < 1.29 is 4.79 Å². The van der Waals surface area contributed by atoms with Crippen LogP contribution < -0.4 is 5.32 Å². The standard InChI is InChI=1S/C14H18ClNO/c1-3-13(4-2)16-14(17)9-8-11-6-5-7-12(15)10-11/h5-10,13H,3-4H2,1-2H3,(H,16,17)/b9-8+. The van der Waals surface area contributed by atoms with Gasteiger partial charge in [0.2, 0.25) is 5.91 Å². The van der Waals surface area contributed by atoms with Crippen LogP contribution in [0.15, 0.2) is 30.3 Å². The summed E-state index contributed by atoms with van der Waals surface area (Å²) in [5.74, 6) is -0.0568. The first-order valence-electron chi connectivity index (χ1n) is 5.89. The van der Waals surface area contributed by atoms with E-state index in [2.05, 4.69) is 19.2 Å². The third kappa shape index (κ3) is 5.05. The second-order valence-corrected chi connectivity index (χ2v) is 4.35. The number of carbonyl (C=O) groups is 1. The Hall–Kier alpha value is -1.28. The van der Waals surface area contributed by atoms with Crippen molar-refractivity contribution in [3.63, 3.8) is 0 Å². The van der Waals surface area contributed by atoms with Crippen molar-refractivity contribution in [3.05, 3.63) is 40.9 Å². The van der Waals surface area contributed by atoms with Gasteiger partial charge in [0, 0.05) is 17.1 Å². The van der Waals surface area contributed by atoms with Crippen molar-refractivity contribution in [2.75, 3.05) is 0 Å². The number of benzene rings is 1. The zero-order chi connectivity index (χ0) is 12.7. The van der Waals surface area contributed by atoms with Crippen LogP contribution in [0.5, 0.6) is 0 Å². The van der Waals surface area contributed by atoms with Gasteiger partial charge in [0.25, 0.3) is 0 Å². The lowest BCUT2D eigenvalue weighted by atomic mass is 10.1. The fourth-order valence-corrected chi connectivity index (χ4v) is 1.72. The van der Waals surface area contributed by atoms with Crippen molar-refractivity contribution in [3.8, 4) is 0 Å². The van der Waals surface area contributed by atoms with Crippen LogP contribution in [0.2, 0.25) is 5.02 Å². The molecule has 0 unspecified atom stereocenters. The SMILES string of the molecule is CCC(CC)NC(=O)/C=C/c1cccc(Cl)c1. The first-order valence-corrected chi connectivity index (χ1v) is 6.27. The predicted molar refractivity (Wildman–Crippen MR) is 73.0 cm³/mol. The smallest absolute Gasteiger partial charge is 0.244 e. The number of rotatable bonds is 5. The number of hydrogen-bond donors (Lipinski definition) is 1. The van der Waals surface area contributed by atoms with Gasteiger partial charge in [-0.25, -0.2) is 0 Å². The Labute approximate surface area is 108 Å². The largest absolute Gasteiger partial charge is 0.350 e. The monoisotopic (exact) mass is 251 g/mol. The highest BCUT2D eigenvalue weighted by atomic mass is 35.5. The lowest BCUT2D eigenvalue weighted by Gasteiger charge is -2.12. The van der Waals surface area contributed by atoms with Crippen LogP contribution in [-0.2, 0) is 4.79 Å². The molecule has 0 spiro atoms. The van der Waals surface area contributed by atoms with Crippen molar-refractivity contribution in [1.29, 1.82) is 0 Å². The van der Waals surface area contributed by atoms with Crippen molar-refractivity contribution >= 4 is 23.6 Å². The average Bonchev–Trinajstić information content (AvgIpc) is 2.33. The maximum atomic E-state index is 11.6. The van der Waals surface area contributed by atoms with Gasteiger partial charge in [0.05, 0.1) is 0 Å². The van der Waals surface area contributed by atoms with Gasteiger partial charge < -0.3 is 5.32 Å². The minimum absolute atomic E-state index is 0.0568. The summed E-state index contributed by atoms with van der Waals surface area (Å²) in [4.78, 5) is 11.6. The highest BCUT2D eigenvalue weighted by Gasteiger charge is 2.04. The Morgan fingerprint density at radius 3 is 2.71 bits per heavy atom. The summed E-state index contributed by atoms with van der Waals surface area (Å²) < 4.78 is 0. The van der Waals surface area contributed by atoms with Crippen LogP contribution in [0.3, 0.4) is 0 Å². The molecular weight excluding hydrogens is 234 g/mol. The van der Waals surface area contributed by atoms with E-state index < -0.39 is 0 Å². The summed E-state index contributed by atoms with van der Waals surface area (Å²) in [5, 5.41) is 3.62. The molecule has 2 nitrogen and oxygen atoms in total. The highest BCUT2D eigenvalue weighted by Crippen LogP contribution is 2.11. The van der Waals surface area contributed by atoms with E-state index in [1.807, 2.05) is 24.3 Å². The molecule has 0 saturated heterocycles. The number of amides is 1. The van der Waals surface area contributed by atoms with Gasteiger partial charge in [-0.3, -0.25) is 4.79 Å². The molecule has 0 bridgehead atoms. The maximum absolute atomic E-state index is 11.6. The Morgan fingerprint density at radius 2 is 2.12 bits per heavy atom. The quantitative estimate of drug-likeness (QED) is 0.795. The average molecular weight is 252 g/mol. The molecular formula is C14H18ClNO. The van der Waals surface area contributed by atoms with E-state index in [4.69, 9.17) is 11.6 Å². The molecule has 0 aliphatic heterocycles. The van der Waals surface area contributed by atoms with Gasteiger partial charge in [-0.2, -0.15) is 0 Å². The van der Waals surface area contributed by atoms with E-state index in [0.717, 1.165) is 18.4 Å². The third-order valence-corrected chi connectivity index (χ3v) is 2.84. The van der Waals surface area contributed by atoms with E-state index in [9.17, 15) is 4.79 Å². The summed E-state index contributed by atoms with van der Waals surface area (Å²) in [6, 6.07) is 7.66. The molecule has 0 aliphatic carbocycles. The molecule has 92 valence electrons. The molecule has 1 N–H and O–H groups in total. The van der Waals surface area contributed by atoms with Crippen LogP contribution in [0.4, 0.5) is 0 Å². The van der Waals surface area contributed by atoms with Gasteiger partial charge in [-0.1, -0.05) is 37.6 Å². The molecule has 0 heterocycles. The first-order chi connectivity index (χ1) is 8.15. The van der Waals surface area contributed by atoms with Crippen molar-refractivity contribution in [2.24, 2.45) is 0 Å². The summed E-state index contributed by atoms with van der Waals surface area (Å²) in [5.41, 5.74) is 0.928. The van der Waals surface area contributed by atoms with E-state index in [0.29, 0.717) is 5.02 Å². The molecule has 3 heteroatoms. The molecule has 0 saturated carbocycles. The zero-order valence-corrected chi connectivity index (χ0v) is 11.0. The third-order valence-electron chi connectivity index (χ3n) is 2.61. The molecule has 1 rings (SSSR count). The number of nitrogens with one attached hydrogen (secondary N) is 1. The minimum Gasteiger partial charge on any atom is -0.350 e. The lowest BCUT2D eigenvalue weighted by molar-refractivity contribution is -0.117. The fraction of sp³-hybridized carbons (Fsp3) is 0.357. The van der Waals surface area contributed by atoms with Gasteiger partial charge in [0.1, 0.15) is 0 Å². The molecule has 0 atom stereocenters. The number of carbonyl (C=O) groups excluding carboxylic acids is 1. The lowest BCUT2D eigenvalue weighted by Crippen LogP contribution is -2.32. The number of hydrogen-bond acceptors (Lipinski definition) is 1. The van der Waals surface area contributed by atoms with Crippen molar-refractivity contribution in [1.82, 2.24) is 5.32 Å². The number of halogens is 1. The molecule has 0 aromatic heterocycles. The van der Waals surface area contributed by atoms with Crippen LogP contribution >= 0.6 is 11.6 Å². The Kier molecular flexibility index (Phi) is 5.78. The second-order valence-electron chi connectivity index (χ2n) is 3.91. The topological polar surface area (TPSA) is 29.1 Å². The summed E-state index contributed by atoms with van der Waals surface area (Å²) >= 11 is 5.85. The van der Waals surface area contributed by atoms with Gasteiger partial charge in [0.15, 0.2) is 0 Å². The Morgan fingerprint density at radius 1 is 1.41 bits per heavy atom. The minimum atomic E-state index is -0.0568. The molecule has 17 heavy (non-hydrogen) atoms. The molecule has 1 amide bonds. The summed E-state index contributed by atoms with van der Waals surface area (Å²) in [7, 11) is 0. The van der Waals surface area contributed by atoms with Crippen LogP contribution in [0.25, 0.3) is 6.08 Å². The predicted octanol–water partition coefficient (Wildman–Crippen LogP) is 3.66. The summed E-state index contributed by atoms with van der Waals surface area (Å²) in [6.07, 6.45) is 5.22. The normalized spacial score (nSPS) is 11.1. The van der Waals surface area contributed by atoms with E-state index in [-0.39, 0.29) is 11.9 Å². The summed E-state index contributed by atoms with van der Waals surface area (Å²) in [6.45, 7) is 4.13. The van der Waals surface area contributed by atoms with Gasteiger partial charge >= 0.3 is 0 Å². The molecule has 0 aliphatic rings. The second kappa shape index (κ2) is 7.13. The van der Waals surface area contributed by atoms with E-state index >= 15 is 0 Å². The van der Waals surface area contributed by atoms with Gasteiger partial charge in [-0.05, 0) is 36.6 Å². The van der Waals surface area contributed by atoms with Crippen molar-refractivity contribution in [2.45, 2.75) is 32.7 Å². The van der Waals surface area contributed by atoms with Crippen LogP contribution in [0, 0.1) is 0 Å². The van der Waals surface area contributed by atoms with E-state index in [1.165, 1.54) is 0 Å². The van der Waals surface area contributed by atoms with Gasteiger partial charge in [-0.15, -0.1) is 0 Å². The van der Waals surface area contributed by atoms with Crippen LogP contribution in [-0.4, -0.2) is 11.9 Å². The molecule has 0 radical (unpaired) electrons. The van der Waals surface area contributed by atoms with Crippen LogP contribution in [0.1, 0.15) is 32.3 Å². The Balaban J connectivity index is 2.56. The first kappa shape index (κ1) is 13.8. The molecule has 1 aromatic carbocycles. The fourth-order valence-electron chi connectivity index (χ4n) is 1.52.